The van der Waals surface area contributed by atoms with Gasteiger partial charge in [0.1, 0.15) is 5.75 Å². The van der Waals surface area contributed by atoms with Gasteiger partial charge in [-0.25, -0.2) is 0 Å². The summed E-state index contributed by atoms with van der Waals surface area (Å²) < 4.78 is 0. The number of fused-ring (bicyclic) bond motifs is 3. The molecule has 1 N–H and O–H groups in total. The van der Waals surface area contributed by atoms with Crippen molar-refractivity contribution in [2.24, 2.45) is 17.8 Å². The van der Waals surface area contributed by atoms with Crippen LogP contribution in [0, 0.1) is 27.9 Å². The number of anilines is 1. The number of para-hydroxylation sites is 1. The van der Waals surface area contributed by atoms with E-state index in [9.17, 15) is 34.4 Å². The lowest BCUT2D eigenvalue weighted by molar-refractivity contribution is -0.384. The Morgan fingerprint density at radius 1 is 0.974 bits per heavy atom. The predicted molar refractivity (Wildman–Crippen MR) is 135 cm³/mol. The van der Waals surface area contributed by atoms with Crippen LogP contribution >= 0.6 is 0 Å². The standard InChI is InChI=1S/C29H22N2O7/c1-14-12-23(33)26-21(27(14)34)13-20-17(24(26)18-4-2-3-5-22(18)32)10-11-19-25(20)29(36)30(28(19)35)15-6-8-16(9-7-15)31(37)38/h2-10,12,19-20,24-25,32H,11,13H2,1H3/t19-,20+,24+,25-/m0/s1. The van der Waals surface area contributed by atoms with Gasteiger partial charge in [0.2, 0.25) is 11.8 Å². The number of imide groups is 1. The maximum absolute atomic E-state index is 13.8. The number of allylic oxidation sites excluding steroid dienone is 6. The Hall–Kier alpha value is -4.66. The topological polar surface area (TPSA) is 135 Å². The number of ketones is 2. The van der Waals surface area contributed by atoms with Crippen molar-refractivity contribution in [1.29, 1.82) is 0 Å². The van der Waals surface area contributed by atoms with E-state index in [0.717, 1.165) is 10.5 Å². The molecule has 190 valence electrons. The number of phenolic OH excluding ortho intramolecular Hbond substituents is 1. The van der Waals surface area contributed by atoms with E-state index in [0.29, 0.717) is 22.3 Å². The van der Waals surface area contributed by atoms with Crippen LogP contribution in [0.5, 0.6) is 5.75 Å². The van der Waals surface area contributed by atoms with Crippen LogP contribution in [0.3, 0.4) is 0 Å². The molecule has 2 aromatic rings. The van der Waals surface area contributed by atoms with Crippen molar-refractivity contribution in [2.45, 2.75) is 25.7 Å². The van der Waals surface area contributed by atoms with Crippen molar-refractivity contribution in [2.75, 3.05) is 4.90 Å². The van der Waals surface area contributed by atoms with E-state index in [1.807, 2.05) is 6.08 Å². The van der Waals surface area contributed by atoms with Crippen LogP contribution in [-0.4, -0.2) is 33.4 Å². The highest BCUT2D eigenvalue weighted by atomic mass is 16.6. The molecule has 4 atom stereocenters. The summed E-state index contributed by atoms with van der Waals surface area (Å²) in [5, 5.41) is 21.8. The zero-order valence-corrected chi connectivity index (χ0v) is 20.3. The van der Waals surface area contributed by atoms with E-state index < -0.39 is 40.4 Å². The molecule has 9 nitrogen and oxygen atoms in total. The lowest BCUT2D eigenvalue weighted by atomic mass is 9.59. The van der Waals surface area contributed by atoms with Crippen molar-refractivity contribution in [1.82, 2.24) is 0 Å². The summed E-state index contributed by atoms with van der Waals surface area (Å²) >= 11 is 0. The fraction of sp³-hybridized carbons (Fsp3) is 0.241. The molecule has 0 aromatic heterocycles. The van der Waals surface area contributed by atoms with Gasteiger partial charge in [-0.05, 0) is 50.0 Å². The number of hydrogen-bond donors (Lipinski definition) is 1. The third-order valence-electron chi connectivity index (χ3n) is 8.13. The molecule has 6 rings (SSSR count). The van der Waals surface area contributed by atoms with Crippen molar-refractivity contribution in [3.8, 4) is 5.75 Å². The molecule has 1 aliphatic heterocycles. The number of Topliss-reactive ketones (excluding diaryl/α,β-unsaturated/α-hetero) is 1. The van der Waals surface area contributed by atoms with Gasteiger partial charge in [-0.15, -0.1) is 0 Å². The minimum Gasteiger partial charge on any atom is -0.508 e. The van der Waals surface area contributed by atoms with Crippen LogP contribution in [0.25, 0.3) is 0 Å². The van der Waals surface area contributed by atoms with Crippen LogP contribution in [-0.2, 0) is 19.2 Å². The number of phenols is 1. The molecule has 0 radical (unpaired) electrons. The Morgan fingerprint density at radius 2 is 1.68 bits per heavy atom. The second kappa shape index (κ2) is 8.44. The summed E-state index contributed by atoms with van der Waals surface area (Å²) in [6, 6.07) is 11.9. The van der Waals surface area contributed by atoms with Crippen LogP contribution in [0.4, 0.5) is 11.4 Å². The van der Waals surface area contributed by atoms with Crippen molar-refractivity contribution in [3.63, 3.8) is 0 Å². The molecule has 3 aliphatic carbocycles. The number of carbonyl (C=O) groups is 4. The number of nitro benzene ring substituents is 1. The van der Waals surface area contributed by atoms with Gasteiger partial charge in [0.05, 0.1) is 22.4 Å². The molecule has 1 saturated heterocycles. The molecule has 1 heterocycles. The number of amides is 2. The monoisotopic (exact) mass is 510 g/mol. The normalized spacial score (nSPS) is 26.5. The number of non-ortho nitro benzene ring substituents is 1. The minimum absolute atomic E-state index is 0.0270. The van der Waals surface area contributed by atoms with Crippen LogP contribution in [0.1, 0.15) is 31.2 Å². The zero-order valence-electron chi connectivity index (χ0n) is 20.3. The van der Waals surface area contributed by atoms with Crippen LogP contribution in [0.15, 0.2) is 83.0 Å². The van der Waals surface area contributed by atoms with Crippen molar-refractivity contribution < 1.29 is 29.2 Å². The highest BCUT2D eigenvalue weighted by Crippen LogP contribution is 2.56. The molecule has 2 amide bonds. The molecular weight excluding hydrogens is 488 g/mol. The van der Waals surface area contributed by atoms with Gasteiger partial charge < -0.3 is 5.11 Å². The third-order valence-corrected chi connectivity index (χ3v) is 8.13. The smallest absolute Gasteiger partial charge is 0.269 e. The maximum Gasteiger partial charge on any atom is 0.269 e. The number of nitro groups is 1. The molecule has 0 bridgehead atoms. The summed E-state index contributed by atoms with van der Waals surface area (Å²) in [6.45, 7) is 1.58. The first-order valence-electron chi connectivity index (χ1n) is 12.3. The Morgan fingerprint density at radius 3 is 2.37 bits per heavy atom. The number of aromatic hydroxyl groups is 1. The van der Waals surface area contributed by atoms with E-state index in [1.54, 1.807) is 25.1 Å². The summed E-state index contributed by atoms with van der Waals surface area (Å²) in [5.41, 5.74) is 2.24. The highest BCUT2D eigenvalue weighted by molar-refractivity contribution is 6.25. The molecule has 4 aliphatic rings. The highest BCUT2D eigenvalue weighted by Gasteiger charge is 2.56. The summed E-state index contributed by atoms with van der Waals surface area (Å²) in [7, 11) is 0. The Bertz CT molecular complexity index is 1560. The van der Waals surface area contributed by atoms with Gasteiger partial charge in [0.15, 0.2) is 11.6 Å². The number of nitrogens with zero attached hydrogens (tertiary/aromatic N) is 2. The second-order valence-electron chi connectivity index (χ2n) is 10.1. The molecule has 0 spiro atoms. The van der Waals surface area contributed by atoms with Gasteiger partial charge in [0.25, 0.3) is 5.69 Å². The fourth-order valence-electron chi connectivity index (χ4n) is 6.45. The average Bonchev–Trinajstić information content (AvgIpc) is 3.16. The number of hydrogen-bond acceptors (Lipinski definition) is 7. The van der Waals surface area contributed by atoms with Crippen molar-refractivity contribution in [3.05, 3.63) is 98.7 Å². The Kier molecular flexibility index (Phi) is 5.27. The fourth-order valence-corrected chi connectivity index (χ4v) is 6.45. The maximum atomic E-state index is 13.8. The summed E-state index contributed by atoms with van der Waals surface area (Å²) in [6.07, 6.45) is 3.59. The third kappa shape index (κ3) is 3.31. The summed E-state index contributed by atoms with van der Waals surface area (Å²) in [5.74, 6) is -4.11. The zero-order chi connectivity index (χ0) is 26.9. The largest absolute Gasteiger partial charge is 0.508 e. The number of carbonyl (C=O) groups excluding carboxylic acids is 4. The predicted octanol–water partition coefficient (Wildman–Crippen LogP) is 3.93. The average molecular weight is 511 g/mol. The van der Waals surface area contributed by atoms with Crippen LogP contribution in [0.2, 0.25) is 0 Å². The molecule has 1 fully saturated rings. The van der Waals surface area contributed by atoms with Crippen molar-refractivity contribution >= 4 is 34.8 Å². The number of benzene rings is 2. The van der Waals surface area contributed by atoms with Crippen LogP contribution < -0.4 is 4.90 Å². The Balaban J connectivity index is 1.46. The number of rotatable bonds is 3. The first-order valence-corrected chi connectivity index (χ1v) is 12.3. The Labute approximate surface area is 216 Å². The molecular formula is C29H22N2O7. The lowest BCUT2D eigenvalue weighted by Crippen LogP contribution is -2.39. The summed E-state index contributed by atoms with van der Waals surface area (Å²) in [4.78, 5) is 65.4. The molecule has 2 aromatic carbocycles. The van der Waals surface area contributed by atoms with Gasteiger partial charge in [-0.2, -0.15) is 0 Å². The molecule has 0 unspecified atom stereocenters. The van der Waals surface area contributed by atoms with Gasteiger partial charge in [-0.1, -0.05) is 29.8 Å². The van der Waals surface area contributed by atoms with E-state index in [2.05, 4.69) is 0 Å². The molecule has 9 heteroatoms. The van der Waals surface area contributed by atoms with Gasteiger partial charge in [-0.3, -0.25) is 34.2 Å². The SMILES string of the molecule is CC1=CC(=O)C2=C(C[C@@H]3C(=CC[C@@H]4C(=O)N(c5ccc([N+](=O)[O-])cc5)C(=O)[C@@H]43)[C@@H]2c2ccccc2O)C1=O. The molecule has 38 heavy (non-hydrogen) atoms. The first-order chi connectivity index (χ1) is 18.2. The van der Waals surface area contributed by atoms with Gasteiger partial charge >= 0.3 is 0 Å². The molecule has 0 saturated carbocycles. The van der Waals surface area contributed by atoms with E-state index in [1.165, 1.54) is 36.4 Å². The quantitative estimate of drug-likeness (QED) is 0.217. The van der Waals surface area contributed by atoms with E-state index >= 15 is 0 Å². The lowest BCUT2D eigenvalue weighted by Gasteiger charge is -2.42. The second-order valence-corrected chi connectivity index (χ2v) is 10.1. The first kappa shape index (κ1) is 23.7. The van der Waals surface area contributed by atoms with E-state index in [4.69, 9.17) is 0 Å². The van der Waals surface area contributed by atoms with E-state index in [-0.39, 0.29) is 41.5 Å². The van der Waals surface area contributed by atoms with Gasteiger partial charge in [0, 0.05) is 40.3 Å². The minimum atomic E-state index is -0.769.